The highest BCUT2D eigenvalue weighted by atomic mass is 16.5. The molecule has 0 unspecified atom stereocenters. The van der Waals surface area contributed by atoms with Crippen LogP contribution in [0, 0.1) is 0 Å². The third-order valence-corrected chi connectivity index (χ3v) is 7.82. The van der Waals surface area contributed by atoms with Crippen LogP contribution in [0.3, 0.4) is 0 Å². The van der Waals surface area contributed by atoms with Crippen molar-refractivity contribution in [1.82, 2.24) is 34.2 Å². The van der Waals surface area contributed by atoms with Gasteiger partial charge in [-0.25, -0.2) is 14.3 Å². The van der Waals surface area contributed by atoms with E-state index < -0.39 is 0 Å². The Morgan fingerprint density at radius 1 is 1.02 bits per heavy atom. The van der Waals surface area contributed by atoms with Gasteiger partial charge in [0.15, 0.2) is 0 Å². The van der Waals surface area contributed by atoms with Crippen LogP contribution in [0.15, 0.2) is 54.2 Å². The molecule has 0 spiro atoms. The maximum Gasteiger partial charge on any atom is 0.320 e. The zero-order valence-electron chi connectivity index (χ0n) is 24.0. The van der Waals surface area contributed by atoms with E-state index in [1.54, 1.807) is 4.68 Å². The van der Waals surface area contributed by atoms with Crippen molar-refractivity contribution >= 4 is 24.1 Å². The van der Waals surface area contributed by atoms with E-state index in [0.717, 1.165) is 65.2 Å². The van der Waals surface area contributed by atoms with Gasteiger partial charge in [0, 0.05) is 92.7 Å². The molecule has 11 nitrogen and oxygen atoms in total. The Labute approximate surface area is 240 Å². The van der Waals surface area contributed by atoms with E-state index in [0.29, 0.717) is 26.2 Å². The molecule has 1 atom stereocenters. The number of hydrogen-bond acceptors (Lipinski definition) is 7. The predicted molar refractivity (Wildman–Crippen MR) is 159 cm³/mol. The second-order valence-electron chi connectivity index (χ2n) is 11.1. The highest BCUT2D eigenvalue weighted by Gasteiger charge is 2.32. The van der Waals surface area contributed by atoms with Crippen molar-refractivity contribution in [3.05, 3.63) is 54.7 Å². The fourth-order valence-corrected chi connectivity index (χ4v) is 5.83. The minimum absolute atomic E-state index is 0.117. The molecule has 2 aliphatic rings. The van der Waals surface area contributed by atoms with Gasteiger partial charge in [-0.2, -0.15) is 10.2 Å². The summed E-state index contributed by atoms with van der Waals surface area (Å²) >= 11 is 0. The Balaban J connectivity index is 1.18. The molecule has 2 saturated heterocycles. The number of hydrogen-bond donors (Lipinski definition) is 0. The summed E-state index contributed by atoms with van der Waals surface area (Å²) in [5.41, 5.74) is 6.07. The Morgan fingerprint density at radius 2 is 1.85 bits per heavy atom. The fourth-order valence-electron chi connectivity index (χ4n) is 5.83. The van der Waals surface area contributed by atoms with Crippen molar-refractivity contribution in [2.75, 3.05) is 44.2 Å². The first-order chi connectivity index (χ1) is 19.9. The fraction of sp³-hybridized carbons (Fsp3) is 0.433. The highest BCUT2D eigenvalue weighted by Crippen LogP contribution is 2.33. The van der Waals surface area contributed by atoms with Crippen LogP contribution in [0.25, 0.3) is 27.8 Å². The molecule has 41 heavy (non-hydrogen) atoms. The highest BCUT2D eigenvalue weighted by molar-refractivity contribution is 5.86. The number of nitrogens with zero attached hydrogens (tertiary/aromatic N) is 9. The molecular formula is C30H37N9O2. The molecule has 0 bridgehead atoms. The lowest BCUT2D eigenvalue weighted by Gasteiger charge is -2.37. The number of ether oxygens (including phenoxy) is 1. The lowest BCUT2D eigenvalue weighted by atomic mass is 10.0. The van der Waals surface area contributed by atoms with Crippen LogP contribution in [0.5, 0.6) is 0 Å². The summed E-state index contributed by atoms with van der Waals surface area (Å²) < 4.78 is 9.61. The van der Waals surface area contributed by atoms with Gasteiger partial charge in [-0.05, 0) is 45.2 Å². The monoisotopic (exact) mass is 555 g/mol. The first kappa shape index (κ1) is 26.9. The van der Waals surface area contributed by atoms with Gasteiger partial charge in [-0.15, -0.1) is 0 Å². The van der Waals surface area contributed by atoms with Gasteiger partial charge < -0.3 is 19.4 Å². The summed E-state index contributed by atoms with van der Waals surface area (Å²) in [6.07, 6.45) is 10.9. The van der Waals surface area contributed by atoms with Gasteiger partial charge in [0.2, 0.25) is 0 Å². The number of aromatic nitrogens is 5. The van der Waals surface area contributed by atoms with E-state index in [1.165, 1.54) is 0 Å². The SMILES string of the molecule is C=NCc1cnn2cc(-c3cnn(C)c3)cc(-c3ccc(N4CCN(C(=O)N5CC[C@H](OC(C)C)C5)CC4)nc3)c12. The molecule has 0 aromatic carbocycles. The third kappa shape index (κ3) is 5.54. The van der Waals surface area contributed by atoms with Crippen molar-refractivity contribution in [2.24, 2.45) is 12.0 Å². The van der Waals surface area contributed by atoms with Crippen LogP contribution in [0.2, 0.25) is 0 Å². The Morgan fingerprint density at radius 3 is 2.54 bits per heavy atom. The molecule has 6 rings (SSSR count). The quantitative estimate of drug-likeness (QED) is 0.323. The number of aryl methyl sites for hydroxylation is 1. The smallest absolute Gasteiger partial charge is 0.320 e. The van der Waals surface area contributed by atoms with Crippen molar-refractivity contribution in [3.63, 3.8) is 0 Å². The standard InChI is InChI=1S/C30H37N9O2/c1-21(2)41-26-7-8-38(20-26)30(40)37-11-9-36(10-12-37)28-6-5-22(15-32-28)27-13-23(25-17-33-35(4)18-25)19-39-29(27)24(14-31-3)16-34-39/h5-6,13,15-19,21,26H,3,7-12,14,20H2,1-2,4H3/t26-/m0/s1. The molecule has 2 aliphatic heterocycles. The average Bonchev–Trinajstić information content (AvgIpc) is 3.73. The number of aliphatic imine (C=N–C) groups is 1. The first-order valence-corrected chi connectivity index (χ1v) is 14.2. The number of amides is 2. The normalized spacial score (nSPS) is 17.7. The van der Waals surface area contributed by atoms with Crippen molar-refractivity contribution in [1.29, 1.82) is 0 Å². The van der Waals surface area contributed by atoms with E-state index in [-0.39, 0.29) is 18.2 Å². The van der Waals surface area contributed by atoms with Crippen LogP contribution < -0.4 is 4.90 Å². The van der Waals surface area contributed by atoms with Gasteiger partial charge in [0.05, 0.1) is 36.7 Å². The lowest BCUT2D eigenvalue weighted by molar-refractivity contribution is 0.0149. The summed E-state index contributed by atoms with van der Waals surface area (Å²) in [6, 6.07) is 6.46. The summed E-state index contributed by atoms with van der Waals surface area (Å²) in [5, 5.41) is 8.94. The van der Waals surface area contributed by atoms with E-state index in [4.69, 9.17) is 9.72 Å². The summed E-state index contributed by atoms with van der Waals surface area (Å²) in [7, 11) is 1.91. The number of urea groups is 1. The maximum absolute atomic E-state index is 13.1. The number of likely N-dealkylation sites (tertiary alicyclic amines) is 1. The van der Waals surface area contributed by atoms with Gasteiger partial charge in [0.25, 0.3) is 0 Å². The van der Waals surface area contributed by atoms with Gasteiger partial charge in [0.1, 0.15) is 5.82 Å². The van der Waals surface area contributed by atoms with E-state index in [9.17, 15) is 4.79 Å². The van der Waals surface area contributed by atoms with Gasteiger partial charge >= 0.3 is 6.03 Å². The topological polar surface area (TPSA) is 96.4 Å². The molecule has 4 aromatic heterocycles. The predicted octanol–water partition coefficient (Wildman–Crippen LogP) is 3.74. The lowest BCUT2D eigenvalue weighted by Crippen LogP contribution is -2.52. The number of pyridine rings is 2. The van der Waals surface area contributed by atoms with Gasteiger partial charge in [-0.3, -0.25) is 9.67 Å². The van der Waals surface area contributed by atoms with Crippen LogP contribution in [-0.4, -0.2) is 98.4 Å². The molecule has 0 saturated carbocycles. The molecule has 214 valence electrons. The van der Waals surface area contributed by atoms with Gasteiger partial charge in [-0.1, -0.05) is 0 Å². The summed E-state index contributed by atoms with van der Waals surface area (Å²) in [6.45, 7) is 12.5. The van der Waals surface area contributed by atoms with Crippen LogP contribution in [-0.2, 0) is 18.3 Å². The van der Waals surface area contributed by atoms with E-state index in [2.05, 4.69) is 45.0 Å². The van der Waals surface area contributed by atoms with Crippen LogP contribution in [0.4, 0.5) is 10.6 Å². The van der Waals surface area contributed by atoms with Crippen molar-refractivity contribution in [2.45, 2.75) is 39.0 Å². The zero-order valence-corrected chi connectivity index (χ0v) is 24.0. The molecule has 6 heterocycles. The Hall–Kier alpha value is -4.25. The number of anilines is 1. The largest absolute Gasteiger partial charge is 0.374 e. The van der Waals surface area contributed by atoms with Crippen molar-refractivity contribution < 1.29 is 9.53 Å². The maximum atomic E-state index is 13.1. The zero-order chi connectivity index (χ0) is 28.5. The molecule has 4 aromatic rings. The second kappa shape index (κ2) is 11.3. The van der Waals surface area contributed by atoms with Crippen molar-refractivity contribution in [3.8, 4) is 22.3 Å². The molecule has 2 fully saturated rings. The summed E-state index contributed by atoms with van der Waals surface area (Å²) in [4.78, 5) is 28.2. The minimum Gasteiger partial charge on any atom is -0.374 e. The second-order valence-corrected chi connectivity index (χ2v) is 11.1. The third-order valence-electron chi connectivity index (χ3n) is 7.82. The molecule has 0 radical (unpaired) electrons. The molecule has 0 N–H and O–H groups in total. The molecule has 11 heteroatoms. The Bertz CT molecular complexity index is 1530. The average molecular weight is 556 g/mol. The Kier molecular flexibility index (Phi) is 7.44. The molecular weight excluding hydrogens is 518 g/mol. The number of carbonyl (C=O) groups excluding carboxylic acids is 1. The van der Waals surface area contributed by atoms with E-state index >= 15 is 0 Å². The molecule has 0 aliphatic carbocycles. The van der Waals surface area contributed by atoms with Crippen LogP contribution >= 0.6 is 0 Å². The number of carbonyl (C=O) groups is 1. The van der Waals surface area contributed by atoms with Crippen LogP contribution in [0.1, 0.15) is 25.8 Å². The minimum atomic E-state index is 0.117. The van der Waals surface area contributed by atoms with E-state index in [1.807, 2.05) is 66.2 Å². The number of rotatable bonds is 7. The number of piperazine rings is 1. The summed E-state index contributed by atoms with van der Waals surface area (Å²) in [5.74, 6) is 0.911. The number of fused-ring (bicyclic) bond motifs is 1. The first-order valence-electron chi connectivity index (χ1n) is 14.2. The molecule has 2 amide bonds.